The SMILES string of the molecule is Cc1cc(-n2c(=O)n(C[C@H]3CC[C@H](NC(=O)c4cc(Cl)cnc4C)CC3)c3ccccc32)ccn1. The van der Waals surface area contributed by atoms with Crippen LogP contribution in [-0.2, 0) is 6.54 Å². The number of carbonyl (C=O) groups is 1. The first kappa shape index (κ1) is 23.3. The Morgan fingerprint density at radius 2 is 1.80 bits per heavy atom. The normalized spacial score (nSPS) is 18.0. The Balaban J connectivity index is 1.31. The number of carbonyl (C=O) groups excluding carboxylic acids is 1. The largest absolute Gasteiger partial charge is 0.349 e. The minimum atomic E-state index is -0.132. The second-order valence-electron chi connectivity index (χ2n) is 9.35. The molecule has 3 aromatic heterocycles. The number of aryl methyl sites for hydroxylation is 2. The molecule has 1 saturated carbocycles. The zero-order chi connectivity index (χ0) is 24.5. The zero-order valence-corrected chi connectivity index (χ0v) is 20.6. The standard InChI is InChI=1S/C27H28ClN5O2/c1-17-13-22(11-12-29-17)33-25-6-4-3-5-24(25)32(27(33)35)16-19-7-9-21(10-8-19)31-26(34)23-14-20(28)15-30-18(23)2/h3-6,11-15,19,21H,7-10,16H2,1-2H3,(H,31,34)/t19-,21-. The minimum Gasteiger partial charge on any atom is -0.349 e. The lowest BCUT2D eigenvalue weighted by Gasteiger charge is -2.29. The summed E-state index contributed by atoms with van der Waals surface area (Å²) in [6, 6.07) is 13.5. The maximum absolute atomic E-state index is 13.5. The van der Waals surface area contributed by atoms with Gasteiger partial charge in [-0.3, -0.25) is 23.9 Å². The number of imidazole rings is 1. The molecule has 0 radical (unpaired) electrons. The number of benzene rings is 1. The van der Waals surface area contributed by atoms with E-state index in [0.29, 0.717) is 28.7 Å². The number of aromatic nitrogens is 4. The lowest BCUT2D eigenvalue weighted by Crippen LogP contribution is -2.39. The van der Waals surface area contributed by atoms with Crippen LogP contribution in [0.2, 0.25) is 5.02 Å². The number of rotatable bonds is 5. The molecule has 0 atom stereocenters. The van der Waals surface area contributed by atoms with E-state index in [0.717, 1.165) is 48.1 Å². The summed E-state index contributed by atoms with van der Waals surface area (Å²) in [5.74, 6) is 0.238. The first-order valence-corrected chi connectivity index (χ1v) is 12.3. The molecule has 0 bridgehead atoms. The number of para-hydroxylation sites is 2. The topological polar surface area (TPSA) is 81.8 Å². The van der Waals surface area contributed by atoms with Gasteiger partial charge in [-0.25, -0.2) is 4.79 Å². The van der Waals surface area contributed by atoms with E-state index in [1.54, 1.807) is 23.0 Å². The van der Waals surface area contributed by atoms with Crippen molar-refractivity contribution in [2.24, 2.45) is 5.92 Å². The maximum Gasteiger partial charge on any atom is 0.333 e. The van der Waals surface area contributed by atoms with Gasteiger partial charge in [-0.2, -0.15) is 0 Å². The Morgan fingerprint density at radius 3 is 2.54 bits per heavy atom. The molecular weight excluding hydrogens is 462 g/mol. The van der Waals surface area contributed by atoms with Crippen LogP contribution in [0.3, 0.4) is 0 Å². The number of hydrogen-bond acceptors (Lipinski definition) is 4. The molecule has 1 aromatic carbocycles. The van der Waals surface area contributed by atoms with Gasteiger partial charge in [0.25, 0.3) is 5.91 Å². The average Bonchev–Trinajstić information content (AvgIpc) is 3.13. The number of amides is 1. The molecule has 1 fully saturated rings. The van der Waals surface area contributed by atoms with Crippen molar-refractivity contribution in [1.82, 2.24) is 24.4 Å². The summed E-state index contributed by atoms with van der Waals surface area (Å²) in [6.07, 6.45) is 6.92. The molecule has 4 aromatic rings. The van der Waals surface area contributed by atoms with Crippen LogP contribution in [0.25, 0.3) is 16.7 Å². The van der Waals surface area contributed by atoms with Gasteiger partial charge in [0.2, 0.25) is 0 Å². The lowest BCUT2D eigenvalue weighted by molar-refractivity contribution is 0.0919. The third kappa shape index (κ3) is 4.73. The molecule has 3 heterocycles. The molecule has 1 aliphatic carbocycles. The van der Waals surface area contributed by atoms with E-state index in [-0.39, 0.29) is 17.6 Å². The number of fused-ring (bicyclic) bond motifs is 1. The molecule has 0 unspecified atom stereocenters. The molecule has 1 amide bonds. The van der Waals surface area contributed by atoms with Crippen LogP contribution in [0, 0.1) is 19.8 Å². The van der Waals surface area contributed by atoms with Gasteiger partial charge in [-0.1, -0.05) is 23.7 Å². The van der Waals surface area contributed by atoms with Crippen LogP contribution in [0.4, 0.5) is 0 Å². The quantitative estimate of drug-likeness (QED) is 0.435. The van der Waals surface area contributed by atoms with E-state index in [9.17, 15) is 9.59 Å². The highest BCUT2D eigenvalue weighted by Gasteiger charge is 2.25. The van der Waals surface area contributed by atoms with Gasteiger partial charge in [0.15, 0.2) is 0 Å². The Morgan fingerprint density at radius 1 is 1.06 bits per heavy atom. The molecular formula is C27H28ClN5O2. The lowest BCUT2D eigenvalue weighted by atomic mass is 9.85. The van der Waals surface area contributed by atoms with Crippen LogP contribution in [0.1, 0.15) is 47.4 Å². The summed E-state index contributed by atoms with van der Waals surface area (Å²) in [7, 11) is 0. The van der Waals surface area contributed by atoms with E-state index < -0.39 is 0 Å². The molecule has 0 aliphatic heterocycles. The number of nitrogens with one attached hydrogen (secondary N) is 1. The van der Waals surface area contributed by atoms with E-state index in [1.807, 2.05) is 54.8 Å². The van der Waals surface area contributed by atoms with Gasteiger partial charge in [0.1, 0.15) is 0 Å². The van der Waals surface area contributed by atoms with Crippen LogP contribution < -0.4 is 11.0 Å². The van der Waals surface area contributed by atoms with Crippen molar-refractivity contribution in [3.63, 3.8) is 0 Å². The minimum absolute atomic E-state index is 0.0313. The molecule has 0 saturated heterocycles. The third-order valence-corrected chi connectivity index (χ3v) is 7.10. The number of hydrogen-bond donors (Lipinski definition) is 1. The fraction of sp³-hybridized carbons (Fsp3) is 0.333. The second-order valence-corrected chi connectivity index (χ2v) is 9.79. The van der Waals surface area contributed by atoms with Crippen molar-refractivity contribution in [2.45, 2.75) is 52.1 Å². The van der Waals surface area contributed by atoms with E-state index in [4.69, 9.17) is 11.6 Å². The van der Waals surface area contributed by atoms with E-state index in [1.165, 1.54) is 0 Å². The Hall–Kier alpha value is -3.45. The summed E-state index contributed by atoms with van der Waals surface area (Å²) >= 11 is 6.03. The van der Waals surface area contributed by atoms with E-state index >= 15 is 0 Å². The number of pyridine rings is 2. The molecule has 0 spiro atoms. The Labute approximate surface area is 208 Å². The van der Waals surface area contributed by atoms with Crippen molar-refractivity contribution in [2.75, 3.05) is 0 Å². The van der Waals surface area contributed by atoms with Gasteiger partial charge >= 0.3 is 5.69 Å². The number of halogens is 1. The molecule has 8 heteroatoms. The maximum atomic E-state index is 13.5. The van der Waals surface area contributed by atoms with Crippen molar-refractivity contribution in [3.8, 4) is 5.69 Å². The summed E-state index contributed by atoms with van der Waals surface area (Å²) in [6.45, 7) is 4.40. The van der Waals surface area contributed by atoms with Crippen LogP contribution in [0.5, 0.6) is 0 Å². The smallest absolute Gasteiger partial charge is 0.333 e. The first-order valence-electron chi connectivity index (χ1n) is 12.0. The predicted octanol–water partition coefficient (Wildman–Crippen LogP) is 4.84. The van der Waals surface area contributed by atoms with Gasteiger partial charge in [-0.15, -0.1) is 0 Å². The van der Waals surface area contributed by atoms with E-state index in [2.05, 4.69) is 15.3 Å². The molecule has 7 nitrogen and oxygen atoms in total. The summed E-state index contributed by atoms with van der Waals surface area (Å²) in [4.78, 5) is 34.7. The molecule has 180 valence electrons. The van der Waals surface area contributed by atoms with Crippen molar-refractivity contribution in [1.29, 1.82) is 0 Å². The summed E-state index contributed by atoms with van der Waals surface area (Å²) in [5, 5.41) is 3.60. The molecule has 1 N–H and O–H groups in total. The Bertz CT molecular complexity index is 1450. The average molecular weight is 490 g/mol. The highest BCUT2D eigenvalue weighted by molar-refractivity contribution is 6.30. The number of nitrogens with zero attached hydrogens (tertiary/aromatic N) is 4. The van der Waals surface area contributed by atoms with Crippen LogP contribution in [0.15, 0.2) is 59.7 Å². The molecule has 35 heavy (non-hydrogen) atoms. The monoisotopic (exact) mass is 489 g/mol. The fourth-order valence-corrected chi connectivity index (χ4v) is 5.21. The third-order valence-electron chi connectivity index (χ3n) is 6.89. The van der Waals surface area contributed by atoms with Crippen LogP contribution in [-0.4, -0.2) is 31.1 Å². The predicted molar refractivity (Wildman–Crippen MR) is 137 cm³/mol. The molecule has 5 rings (SSSR count). The van der Waals surface area contributed by atoms with Crippen LogP contribution >= 0.6 is 11.6 Å². The second kappa shape index (κ2) is 9.66. The first-order chi connectivity index (χ1) is 16.9. The fourth-order valence-electron chi connectivity index (χ4n) is 5.05. The zero-order valence-electron chi connectivity index (χ0n) is 19.9. The van der Waals surface area contributed by atoms with Gasteiger partial charge in [0.05, 0.1) is 33.0 Å². The van der Waals surface area contributed by atoms with Gasteiger partial charge in [0, 0.05) is 30.7 Å². The highest BCUT2D eigenvalue weighted by Crippen LogP contribution is 2.28. The van der Waals surface area contributed by atoms with Crippen molar-refractivity contribution >= 4 is 28.5 Å². The van der Waals surface area contributed by atoms with Crippen molar-refractivity contribution < 1.29 is 4.79 Å². The molecule has 1 aliphatic rings. The highest BCUT2D eigenvalue weighted by atomic mass is 35.5. The van der Waals surface area contributed by atoms with Gasteiger partial charge < -0.3 is 5.32 Å². The van der Waals surface area contributed by atoms with Crippen molar-refractivity contribution in [3.05, 3.63) is 87.3 Å². The summed E-state index contributed by atoms with van der Waals surface area (Å²) < 4.78 is 3.67. The summed E-state index contributed by atoms with van der Waals surface area (Å²) in [5.41, 5.74) is 4.69. The van der Waals surface area contributed by atoms with Gasteiger partial charge in [-0.05, 0) is 75.8 Å². The Kier molecular flexibility index (Phi) is 6.43.